The van der Waals surface area contributed by atoms with Gasteiger partial charge in [-0.3, -0.25) is 0 Å². The van der Waals surface area contributed by atoms with Crippen LogP contribution in [-0.4, -0.2) is 34.6 Å². The number of likely N-dealkylation sites (tertiary alicyclic amines) is 1. The molecule has 0 unspecified atom stereocenters. The van der Waals surface area contributed by atoms with Crippen molar-refractivity contribution in [1.29, 1.82) is 0 Å². The van der Waals surface area contributed by atoms with Gasteiger partial charge in [-0.05, 0) is 58.3 Å². The van der Waals surface area contributed by atoms with Crippen LogP contribution >= 0.6 is 0 Å². The molecule has 0 aromatic carbocycles. The summed E-state index contributed by atoms with van der Waals surface area (Å²) in [5, 5.41) is 3.52. The number of rotatable bonds is 5. The van der Waals surface area contributed by atoms with Crippen LogP contribution in [0.2, 0.25) is 0 Å². The zero-order valence-electron chi connectivity index (χ0n) is 12.1. The van der Waals surface area contributed by atoms with E-state index in [-0.39, 0.29) is 5.54 Å². The number of hydrogen-bond donors (Lipinski definition) is 1. The molecule has 18 heavy (non-hydrogen) atoms. The van der Waals surface area contributed by atoms with Crippen molar-refractivity contribution in [3.05, 3.63) is 24.0 Å². The van der Waals surface area contributed by atoms with Crippen molar-refractivity contribution in [3.63, 3.8) is 0 Å². The fourth-order valence-corrected chi connectivity index (χ4v) is 2.36. The topological polar surface area (TPSA) is 20.2 Å². The molecule has 1 N–H and O–H groups in total. The third kappa shape index (κ3) is 4.46. The summed E-state index contributed by atoms with van der Waals surface area (Å²) < 4.78 is 2.32. The molecule has 1 saturated heterocycles. The van der Waals surface area contributed by atoms with E-state index in [1.54, 1.807) is 0 Å². The summed E-state index contributed by atoms with van der Waals surface area (Å²) in [6.07, 6.45) is 7.24. The van der Waals surface area contributed by atoms with Crippen LogP contribution in [-0.2, 0) is 13.1 Å². The van der Waals surface area contributed by atoms with Crippen LogP contribution in [0.5, 0.6) is 0 Å². The molecule has 0 radical (unpaired) electrons. The first kappa shape index (κ1) is 13.6. The highest BCUT2D eigenvalue weighted by Gasteiger charge is 2.11. The Balaban J connectivity index is 1.75. The highest BCUT2D eigenvalue weighted by molar-refractivity contribution is 5.10. The first-order chi connectivity index (χ1) is 8.53. The molecule has 0 amide bonds. The second-order valence-electron chi connectivity index (χ2n) is 6.41. The average molecular weight is 249 g/mol. The first-order valence-corrected chi connectivity index (χ1v) is 7.15. The number of nitrogens with one attached hydrogen (secondary N) is 1. The third-order valence-corrected chi connectivity index (χ3v) is 3.51. The minimum atomic E-state index is 0.192. The minimum absolute atomic E-state index is 0.192. The Morgan fingerprint density at radius 1 is 1.17 bits per heavy atom. The van der Waals surface area contributed by atoms with Gasteiger partial charge >= 0.3 is 0 Å². The van der Waals surface area contributed by atoms with E-state index in [2.05, 4.69) is 54.0 Å². The molecule has 102 valence electrons. The van der Waals surface area contributed by atoms with Gasteiger partial charge in [-0.1, -0.05) is 0 Å². The van der Waals surface area contributed by atoms with Crippen molar-refractivity contribution in [3.8, 4) is 0 Å². The molecule has 0 aliphatic carbocycles. The molecule has 1 fully saturated rings. The van der Waals surface area contributed by atoms with Crippen molar-refractivity contribution >= 4 is 0 Å². The number of hydrogen-bond acceptors (Lipinski definition) is 2. The van der Waals surface area contributed by atoms with Crippen LogP contribution in [0.4, 0.5) is 0 Å². The van der Waals surface area contributed by atoms with Crippen molar-refractivity contribution in [2.24, 2.45) is 0 Å². The Hall–Kier alpha value is -0.800. The molecule has 2 heterocycles. The van der Waals surface area contributed by atoms with Gasteiger partial charge in [0.2, 0.25) is 0 Å². The zero-order valence-corrected chi connectivity index (χ0v) is 12.1. The van der Waals surface area contributed by atoms with Crippen molar-refractivity contribution < 1.29 is 0 Å². The Labute approximate surface area is 111 Å². The third-order valence-electron chi connectivity index (χ3n) is 3.51. The molecule has 3 heteroatoms. The minimum Gasteiger partial charge on any atom is -0.353 e. The predicted octanol–water partition coefficient (Wildman–Crippen LogP) is 2.47. The Bertz CT molecular complexity index is 356. The fraction of sp³-hybridized carbons (Fsp3) is 0.733. The lowest BCUT2D eigenvalue weighted by atomic mass is 10.1. The Morgan fingerprint density at radius 2 is 1.89 bits per heavy atom. The molecular formula is C15H27N3. The van der Waals surface area contributed by atoms with Gasteiger partial charge in [0.25, 0.3) is 0 Å². The van der Waals surface area contributed by atoms with E-state index >= 15 is 0 Å². The van der Waals surface area contributed by atoms with Gasteiger partial charge in [-0.2, -0.15) is 0 Å². The molecule has 1 aromatic rings. The molecule has 3 nitrogen and oxygen atoms in total. The van der Waals surface area contributed by atoms with Gasteiger partial charge in [0.05, 0.1) is 0 Å². The number of nitrogens with zero attached hydrogens (tertiary/aromatic N) is 2. The van der Waals surface area contributed by atoms with E-state index in [0.29, 0.717) is 0 Å². The lowest BCUT2D eigenvalue weighted by Crippen LogP contribution is -2.34. The molecular weight excluding hydrogens is 222 g/mol. The van der Waals surface area contributed by atoms with Gasteiger partial charge in [-0.15, -0.1) is 0 Å². The standard InChI is InChI=1S/C15H27N3/c1-15(2,3)16-12-14-6-9-18(13-14)11-10-17-7-4-5-8-17/h6,9,13,16H,4-5,7-8,10-12H2,1-3H3. The highest BCUT2D eigenvalue weighted by Crippen LogP contribution is 2.09. The molecule has 0 atom stereocenters. The lowest BCUT2D eigenvalue weighted by molar-refractivity contribution is 0.322. The van der Waals surface area contributed by atoms with Crippen LogP contribution in [0.25, 0.3) is 0 Å². The molecule has 1 aromatic heterocycles. The normalized spacial score (nSPS) is 17.5. The van der Waals surface area contributed by atoms with E-state index in [9.17, 15) is 0 Å². The summed E-state index contributed by atoms with van der Waals surface area (Å²) in [7, 11) is 0. The summed E-state index contributed by atoms with van der Waals surface area (Å²) in [4.78, 5) is 2.56. The van der Waals surface area contributed by atoms with E-state index in [0.717, 1.165) is 13.1 Å². The molecule has 2 rings (SSSR count). The van der Waals surface area contributed by atoms with E-state index in [4.69, 9.17) is 0 Å². The largest absolute Gasteiger partial charge is 0.353 e. The quantitative estimate of drug-likeness (QED) is 0.865. The van der Waals surface area contributed by atoms with E-state index in [1.807, 2.05) is 0 Å². The van der Waals surface area contributed by atoms with Gasteiger partial charge in [0.15, 0.2) is 0 Å². The van der Waals surface area contributed by atoms with Gasteiger partial charge in [0, 0.05) is 37.6 Å². The first-order valence-electron chi connectivity index (χ1n) is 7.15. The second-order valence-corrected chi connectivity index (χ2v) is 6.41. The van der Waals surface area contributed by atoms with Gasteiger partial charge in [-0.25, -0.2) is 0 Å². The maximum absolute atomic E-state index is 3.52. The van der Waals surface area contributed by atoms with Crippen LogP contribution in [0.3, 0.4) is 0 Å². The molecule has 0 bridgehead atoms. The van der Waals surface area contributed by atoms with Gasteiger partial charge in [0.1, 0.15) is 0 Å². The summed E-state index contributed by atoms with van der Waals surface area (Å²) in [6.45, 7) is 12.5. The van der Waals surface area contributed by atoms with Gasteiger partial charge < -0.3 is 14.8 Å². The fourth-order valence-electron chi connectivity index (χ4n) is 2.36. The predicted molar refractivity (Wildman–Crippen MR) is 76.7 cm³/mol. The molecule has 0 saturated carbocycles. The van der Waals surface area contributed by atoms with Crippen LogP contribution in [0.15, 0.2) is 18.5 Å². The Morgan fingerprint density at radius 3 is 2.56 bits per heavy atom. The highest BCUT2D eigenvalue weighted by atomic mass is 15.2. The molecule has 0 spiro atoms. The van der Waals surface area contributed by atoms with E-state index < -0.39 is 0 Å². The van der Waals surface area contributed by atoms with Crippen LogP contribution in [0.1, 0.15) is 39.2 Å². The second kappa shape index (κ2) is 5.89. The van der Waals surface area contributed by atoms with Crippen molar-refractivity contribution in [1.82, 2.24) is 14.8 Å². The smallest absolute Gasteiger partial charge is 0.0347 e. The molecule has 1 aliphatic rings. The summed E-state index contributed by atoms with van der Waals surface area (Å²) in [5.74, 6) is 0. The van der Waals surface area contributed by atoms with Crippen molar-refractivity contribution in [2.75, 3.05) is 19.6 Å². The summed E-state index contributed by atoms with van der Waals surface area (Å²) in [6, 6.07) is 2.22. The van der Waals surface area contributed by atoms with E-state index in [1.165, 1.54) is 38.0 Å². The monoisotopic (exact) mass is 249 g/mol. The molecule has 1 aliphatic heterocycles. The Kier molecular flexibility index (Phi) is 4.46. The maximum Gasteiger partial charge on any atom is 0.0347 e. The maximum atomic E-state index is 3.52. The SMILES string of the molecule is CC(C)(C)NCc1ccn(CCN2CCCC2)c1. The van der Waals surface area contributed by atoms with Crippen LogP contribution < -0.4 is 5.32 Å². The van der Waals surface area contributed by atoms with Crippen molar-refractivity contribution in [2.45, 2.75) is 52.2 Å². The zero-order chi connectivity index (χ0) is 13.0. The lowest BCUT2D eigenvalue weighted by Gasteiger charge is -2.20. The summed E-state index contributed by atoms with van der Waals surface area (Å²) >= 11 is 0. The summed E-state index contributed by atoms with van der Waals surface area (Å²) in [5.41, 5.74) is 1.57. The average Bonchev–Trinajstić information content (AvgIpc) is 2.94. The number of aromatic nitrogens is 1. The van der Waals surface area contributed by atoms with Crippen LogP contribution in [0, 0.1) is 0 Å².